The molecule has 1 aliphatic rings. The molecule has 1 saturated heterocycles. The average Bonchev–Trinajstić information content (AvgIpc) is 3.22. The fourth-order valence-electron chi connectivity index (χ4n) is 3.41. The van der Waals surface area contributed by atoms with Crippen LogP contribution in [0.4, 0.5) is 5.82 Å². The number of anilines is 1. The van der Waals surface area contributed by atoms with Gasteiger partial charge in [-0.3, -0.25) is 9.36 Å². The summed E-state index contributed by atoms with van der Waals surface area (Å²) < 4.78 is 10.2. The number of aliphatic hydroxyl groups is 3. The number of primary amides is 1. The van der Waals surface area contributed by atoms with E-state index < -0.39 is 37.1 Å². The Balaban J connectivity index is 0.000000344. The van der Waals surface area contributed by atoms with Crippen LogP contribution in [0, 0.1) is 0 Å². The van der Waals surface area contributed by atoms with Crippen LogP contribution in [0.1, 0.15) is 56.1 Å². The van der Waals surface area contributed by atoms with E-state index in [-0.39, 0.29) is 48.2 Å². The molecule has 1 amide bonds. The Morgan fingerprint density at radius 2 is 1.84 bits per heavy atom. The molecule has 3 heterocycles. The number of nitrogens with zero attached hydrogens (tertiary/aromatic N) is 3. The minimum atomic E-state index is -1.35. The third kappa shape index (κ3) is 6.11. The van der Waals surface area contributed by atoms with E-state index in [1.807, 2.05) is 0 Å². The van der Waals surface area contributed by atoms with E-state index in [1.165, 1.54) is 36.6 Å². The molecule has 2 aromatic heterocycles. The third-order valence-corrected chi connectivity index (χ3v) is 10.00. The molecule has 2 aromatic rings. The first-order valence-electron chi connectivity index (χ1n) is 10.7. The zero-order valence-electron chi connectivity index (χ0n) is 18.4. The number of carbonyl (C=O) groups excluding carboxylic acids is 1. The van der Waals surface area contributed by atoms with Gasteiger partial charge in [0.15, 0.2) is 6.23 Å². The van der Waals surface area contributed by atoms with Crippen LogP contribution in [0.3, 0.4) is 0 Å². The number of unbranched alkanes of at least 4 members (excludes halogenated alkanes) is 2. The van der Waals surface area contributed by atoms with Gasteiger partial charge in [0.05, 0.1) is 17.6 Å². The van der Waals surface area contributed by atoms with Gasteiger partial charge in [0, 0.05) is 0 Å². The van der Waals surface area contributed by atoms with E-state index >= 15 is 0 Å². The number of rotatable bonds is 9. The third-order valence-electron chi connectivity index (χ3n) is 5.18. The van der Waals surface area contributed by atoms with Gasteiger partial charge in [0.1, 0.15) is 40.7 Å². The van der Waals surface area contributed by atoms with Gasteiger partial charge < -0.3 is 31.5 Å². The number of aliphatic hydroxyl groups excluding tert-OH is 3. The molecule has 0 spiro atoms. The van der Waals surface area contributed by atoms with Gasteiger partial charge in [-0.05, 0) is 15.9 Å². The largest absolute Gasteiger partial charge is 0.394 e. The second kappa shape index (κ2) is 13.0. The van der Waals surface area contributed by atoms with Crippen LogP contribution in [0.25, 0.3) is 11.0 Å². The Kier molecular flexibility index (Phi) is 11.1. The van der Waals surface area contributed by atoms with Crippen molar-refractivity contribution < 1.29 is 24.9 Å². The van der Waals surface area contributed by atoms with Crippen molar-refractivity contribution in [3.63, 3.8) is 0 Å². The molecular formula is C20H32BrN5O5Sn. The summed E-state index contributed by atoms with van der Waals surface area (Å²) in [7, 11) is 0. The van der Waals surface area contributed by atoms with Crippen LogP contribution in [-0.4, -0.2) is 81.8 Å². The second-order valence-corrected chi connectivity index (χ2v) is 12.6. The van der Waals surface area contributed by atoms with Crippen molar-refractivity contribution in [1.29, 1.82) is 0 Å². The van der Waals surface area contributed by atoms with Crippen molar-refractivity contribution in [2.45, 2.75) is 72.9 Å². The van der Waals surface area contributed by atoms with Crippen molar-refractivity contribution >= 4 is 59.8 Å². The maximum Gasteiger partial charge on any atom is 0.252 e. The number of amides is 1. The molecule has 7 N–H and O–H groups in total. The summed E-state index contributed by atoms with van der Waals surface area (Å²) in [6.07, 6.45) is 2.30. The number of nitrogens with two attached hydrogens (primary N) is 2. The molecule has 0 saturated carbocycles. The van der Waals surface area contributed by atoms with Gasteiger partial charge in [-0.1, -0.05) is 0 Å². The molecule has 4 atom stereocenters. The van der Waals surface area contributed by atoms with E-state index in [2.05, 4.69) is 39.7 Å². The monoisotopic (exact) mass is 621 g/mol. The maximum absolute atomic E-state index is 11.8. The molecule has 4 unspecified atom stereocenters. The Labute approximate surface area is 206 Å². The van der Waals surface area contributed by atoms with E-state index in [4.69, 9.17) is 16.2 Å². The van der Waals surface area contributed by atoms with E-state index in [9.17, 15) is 20.1 Å². The number of carbonyl (C=O) groups is 1. The topological polar surface area (TPSA) is 170 Å². The Bertz CT molecular complexity index is 893. The first-order valence-corrected chi connectivity index (χ1v) is 15.6. The first kappa shape index (κ1) is 27.3. The molecular weight excluding hydrogens is 589 g/mol. The number of fused-ring (bicyclic) bond motifs is 1. The smallest absolute Gasteiger partial charge is 0.252 e. The summed E-state index contributed by atoms with van der Waals surface area (Å²) in [4.78, 5) is 19.6. The van der Waals surface area contributed by atoms with Crippen LogP contribution in [0.15, 0.2) is 10.9 Å². The van der Waals surface area contributed by atoms with Gasteiger partial charge in [-0.2, -0.15) is 0 Å². The van der Waals surface area contributed by atoms with Crippen LogP contribution in [0.5, 0.6) is 0 Å². The summed E-state index contributed by atoms with van der Waals surface area (Å²) >= 11 is 3.38. The molecule has 0 bridgehead atoms. The fraction of sp³-hybridized carbons (Fsp3) is 0.650. The van der Waals surface area contributed by atoms with Gasteiger partial charge in [-0.25, -0.2) is 9.97 Å². The number of hydrogen-bond donors (Lipinski definition) is 5. The number of nitrogen functional groups attached to an aromatic ring is 1. The fourth-order valence-corrected chi connectivity index (χ4v) is 8.33. The van der Waals surface area contributed by atoms with Crippen molar-refractivity contribution in [2.75, 3.05) is 12.3 Å². The summed E-state index contributed by atoms with van der Waals surface area (Å²) in [5.74, 6) is -0.733. The zero-order valence-corrected chi connectivity index (χ0v) is 22.8. The maximum atomic E-state index is 11.8. The second-order valence-electron chi connectivity index (χ2n) is 7.54. The minimum Gasteiger partial charge on any atom is -0.394 e. The summed E-state index contributed by atoms with van der Waals surface area (Å²) in [5, 5.41) is 29.5. The number of ether oxygens (including phenoxy) is 1. The van der Waals surface area contributed by atoms with E-state index in [0.29, 0.717) is 0 Å². The average molecular weight is 621 g/mol. The van der Waals surface area contributed by atoms with Crippen LogP contribution < -0.4 is 11.5 Å². The van der Waals surface area contributed by atoms with Gasteiger partial charge in [-0.15, -0.1) is 0 Å². The molecule has 32 heavy (non-hydrogen) atoms. The minimum absolute atomic E-state index is 0.0370. The summed E-state index contributed by atoms with van der Waals surface area (Å²) in [6, 6.07) is 0. The molecule has 10 nitrogen and oxygen atoms in total. The number of aromatic nitrogens is 3. The molecule has 0 aromatic carbocycles. The zero-order chi connectivity index (χ0) is 23.8. The SMILES string of the molecule is CCC[CH2][Sn][CH2]CCC.NC(=O)c1c(Br)n(C2OC(CO)C(O)C2O)c2ncnc(N)c12. The predicted molar refractivity (Wildman–Crippen MR) is 126 cm³/mol. The van der Waals surface area contributed by atoms with E-state index in [0.717, 1.165) is 0 Å². The van der Waals surface area contributed by atoms with Gasteiger partial charge in [0.2, 0.25) is 0 Å². The standard InChI is InChI=1S/C12H14BrN5O5.2C4H9.Sn/c13-8-4(10(15)22)5-9(14)16-2-17-11(5)18(8)12-7(21)6(20)3(1-19)23-12;2*1-3-4-2;/h2-3,6-7,12,19-21H,1H2,(H2,15,22)(H2,14,16,17);2*1,3-4H2,2H3;. The summed E-state index contributed by atoms with van der Waals surface area (Å²) in [5.41, 5.74) is 11.4. The predicted octanol–water partition coefficient (Wildman–Crippen LogP) is 1.61. The Hall–Kier alpha value is -0.991. The quantitative estimate of drug-likeness (QED) is 0.208. The first-order chi connectivity index (χ1) is 15.3. The normalized spacial score (nSPS) is 22.7. The molecule has 1 aliphatic heterocycles. The summed E-state index contributed by atoms with van der Waals surface area (Å²) in [6.45, 7) is 4.10. The van der Waals surface area contributed by atoms with Crippen molar-refractivity contribution in [1.82, 2.24) is 14.5 Å². The molecule has 1 fully saturated rings. The van der Waals surface area contributed by atoms with Crippen molar-refractivity contribution in [2.24, 2.45) is 5.73 Å². The van der Waals surface area contributed by atoms with Crippen LogP contribution >= 0.6 is 15.9 Å². The molecule has 178 valence electrons. The molecule has 0 aliphatic carbocycles. The molecule has 12 heteroatoms. The number of hydrogen-bond acceptors (Lipinski definition) is 8. The van der Waals surface area contributed by atoms with Gasteiger partial charge >= 0.3 is 69.5 Å². The van der Waals surface area contributed by atoms with E-state index in [1.54, 1.807) is 8.87 Å². The number of halogens is 1. The molecule has 2 radical (unpaired) electrons. The van der Waals surface area contributed by atoms with Crippen LogP contribution in [0.2, 0.25) is 8.87 Å². The van der Waals surface area contributed by atoms with Crippen LogP contribution in [-0.2, 0) is 4.74 Å². The Morgan fingerprint density at radius 3 is 2.34 bits per heavy atom. The molecule has 3 rings (SSSR count). The van der Waals surface area contributed by atoms with Crippen molar-refractivity contribution in [3.8, 4) is 0 Å². The Morgan fingerprint density at radius 1 is 1.22 bits per heavy atom. The van der Waals surface area contributed by atoms with Crippen molar-refractivity contribution in [3.05, 3.63) is 16.5 Å². The van der Waals surface area contributed by atoms with Gasteiger partial charge in [0.25, 0.3) is 5.91 Å².